The van der Waals surface area contributed by atoms with Crippen LogP contribution in [0, 0.1) is 11.8 Å². The predicted octanol–water partition coefficient (Wildman–Crippen LogP) is 3.85. The van der Waals surface area contributed by atoms with Gasteiger partial charge in [-0.25, -0.2) is 4.79 Å². The van der Waals surface area contributed by atoms with E-state index in [-0.39, 0.29) is 11.6 Å². The molecule has 0 aliphatic heterocycles. The lowest BCUT2D eigenvalue weighted by Crippen LogP contribution is -2.41. The zero-order valence-electron chi connectivity index (χ0n) is 11.1. The van der Waals surface area contributed by atoms with E-state index in [9.17, 15) is 4.79 Å². The van der Waals surface area contributed by atoms with E-state index in [0.29, 0.717) is 11.5 Å². The molecule has 0 aromatic rings. The summed E-state index contributed by atoms with van der Waals surface area (Å²) in [6, 6.07) is 0. The Balaban J connectivity index is 2.01. The maximum Gasteiger partial charge on any atom is 0.333 e. The van der Waals surface area contributed by atoms with Crippen LogP contribution < -0.4 is 0 Å². The first-order valence-corrected chi connectivity index (χ1v) is 6.96. The number of carbonyl (C=O) groups excluding carboxylic acids is 1. The Morgan fingerprint density at radius 1 is 1.29 bits per heavy atom. The van der Waals surface area contributed by atoms with Gasteiger partial charge in [-0.05, 0) is 57.3 Å². The van der Waals surface area contributed by atoms with Crippen molar-refractivity contribution in [2.45, 2.75) is 64.4 Å². The van der Waals surface area contributed by atoms with Gasteiger partial charge in [0.1, 0.15) is 5.60 Å². The first-order chi connectivity index (χ1) is 8.07. The predicted molar refractivity (Wildman–Crippen MR) is 68.6 cm³/mol. The van der Waals surface area contributed by atoms with E-state index in [2.05, 4.69) is 13.5 Å². The lowest BCUT2D eigenvalue weighted by Gasteiger charge is -2.40. The van der Waals surface area contributed by atoms with E-state index in [1.165, 1.54) is 32.1 Å². The molecule has 96 valence electrons. The third-order valence-electron chi connectivity index (χ3n) is 4.49. The average Bonchev–Trinajstić information content (AvgIpc) is 3.14. The van der Waals surface area contributed by atoms with E-state index in [1.807, 2.05) is 0 Å². The van der Waals surface area contributed by atoms with Crippen molar-refractivity contribution < 1.29 is 9.53 Å². The van der Waals surface area contributed by atoms with Crippen molar-refractivity contribution in [3.05, 3.63) is 12.2 Å². The largest absolute Gasteiger partial charge is 0.455 e. The lowest BCUT2D eigenvalue weighted by atomic mass is 9.75. The maximum absolute atomic E-state index is 11.8. The Kier molecular flexibility index (Phi) is 3.60. The molecule has 0 saturated heterocycles. The van der Waals surface area contributed by atoms with Crippen molar-refractivity contribution in [3.63, 3.8) is 0 Å². The Morgan fingerprint density at radius 3 is 2.29 bits per heavy atom. The maximum atomic E-state index is 11.8. The highest BCUT2D eigenvalue weighted by molar-refractivity contribution is 5.87. The van der Waals surface area contributed by atoms with Gasteiger partial charge in [-0.3, -0.25) is 0 Å². The number of esters is 1. The number of hydrogen-bond donors (Lipinski definition) is 0. The molecule has 2 nitrogen and oxygen atoms in total. The topological polar surface area (TPSA) is 26.3 Å². The summed E-state index contributed by atoms with van der Waals surface area (Å²) in [5, 5.41) is 0. The van der Waals surface area contributed by atoms with Crippen LogP contribution in [0.1, 0.15) is 58.8 Å². The van der Waals surface area contributed by atoms with Gasteiger partial charge in [0, 0.05) is 5.57 Å². The van der Waals surface area contributed by atoms with Crippen molar-refractivity contribution in [1.29, 1.82) is 0 Å². The molecule has 2 fully saturated rings. The molecule has 0 N–H and O–H groups in total. The highest BCUT2D eigenvalue weighted by Gasteiger charge is 2.49. The summed E-state index contributed by atoms with van der Waals surface area (Å²) in [4.78, 5) is 11.8. The summed E-state index contributed by atoms with van der Waals surface area (Å²) >= 11 is 0. The van der Waals surface area contributed by atoms with Crippen LogP contribution in [0.2, 0.25) is 0 Å². The smallest absolute Gasteiger partial charge is 0.333 e. The molecule has 2 aliphatic rings. The van der Waals surface area contributed by atoms with Gasteiger partial charge in [-0.2, -0.15) is 0 Å². The third kappa shape index (κ3) is 2.72. The van der Waals surface area contributed by atoms with Gasteiger partial charge >= 0.3 is 5.97 Å². The fourth-order valence-electron chi connectivity index (χ4n) is 3.05. The SMILES string of the molecule is C=C(C)C(=O)OC1(C2CC2)CCC(CC)CC1. The quantitative estimate of drug-likeness (QED) is 0.547. The molecule has 0 unspecified atom stereocenters. The van der Waals surface area contributed by atoms with Crippen molar-refractivity contribution in [2.75, 3.05) is 0 Å². The van der Waals surface area contributed by atoms with Gasteiger partial charge in [0.05, 0.1) is 0 Å². The molecule has 2 rings (SSSR count). The molecule has 0 amide bonds. The highest BCUT2D eigenvalue weighted by Crippen LogP contribution is 2.51. The molecular formula is C15H24O2. The molecule has 0 aromatic heterocycles. The second-order valence-electron chi connectivity index (χ2n) is 5.86. The Morgan fingerprint density at radius 2 is 1.88 bits per heavy atom. The standard InChI is InChI=1S/C15H24O2/c1-4-12-7-9-15(10-8-12,13-5-6-13)17-14(16)11(2)3/h12-13H,2,4-10H2,1,3H3. The van der Waals surface area contributed by atoms with Crippen LogP contribution in [0.5, 0.6) is 0 Å². The Labute approximate surface area is 104 Å². The summed E-state index contributed by atoms with van der Waals surface area (Å²) in [6.45, 7) is 7.68. The lowest BCUT2D eigenvalue weighted by molar-refractivity contribution is -0.162. The average molecular weight is 236 g/mol. The van der Waals surface area contributed by atoms with Crippen molar-refractivity contribution in [2.24, 2.45) is 11.8 Å². The summed E-state index contributed by atoms with van der Waals surface area (Å²) in [6.07, 6.45) is 8.30. The second-order valence-corrected chi connectivity index (χ2v) is 5.86. The van der Waals surface area contributed by atoms with Crippen LogP contribution in [-0.4, -0.2) is 11.6 Å². The molecule has 0 heterocycles. The Hall–Kier alpha value is -0.790. The fraction of sp³-hybridized carbons (Fsp3) is 0.800. The van der Waals surface area contributed by atoms with Crippen LogP contribution >= 0.6 is 0 Å². The molecule has 0 radical (unpaired) electrons. The van der Waals surface area contributed by atoms with Crippen molar-refractivity contribution in [1.82, 2.24) is 0 Å². The van der Waals surface area contributed by atoms with Gasteiger partial charge in [0.2, 0.25) is 0 Å². The monoisotopic (exact) mass is 236 g/mol. The molecule has 0 aromatic carbocycles. The summed E-state index contributed by atoms with van der Waals surface area (Å²) < 4.78 is 5.82. The normalized spacial score (nSPS) is 33.2. The molecular weight excluding hydrogens is 212 g/mol. The number of rotatable bonds is 4. The summed E-state index contributed by atoms with van der Waals surface area (Å²) in [7, 11) is 0. The Bertz CT molecular complexity index is 307. The summed E-state index contributed by atoms with van der Waals surface area (Å²) in [5.74, 6) is 1.28. The van der Waals surface area contributed by atoms with Crippen molar-refractivity contribution in [3.8, 4) is 0 Å². The van der Waals surface area contributed by atoms with E-state index < -0.39 is 0 Å². The zero-order chi connectivity index (χ0) is 12.5. The molecule has 2 heteroatoms. The third-order valence-corrected chi connectivity index (χ3v) is 4.49. The minimum Gasteiger partial charge on any atom is -0.455 e. The number of ether oxygens (including phenoxy) is 1. The van der Waals surface area contributed by atoms with Crippen LogP contribution in [0.3, 0.4) is 0 Å². The van der Waals surface area contributed by atoms with Gasteiger partial charge in [0.25, 0.3) is 0 Å². The highest BCUT2D eigenvalue weighted by atomic mass is 16.6. The number of carbonyl (C=O) groups is 1. The molecule has 0 atom stereocenters. The minimum absolute atomic E-state index is 0.137. The fourth-order valence-corrected chi connectivity index (χ4v) is 3.05. The first kappa shape index (κ1) is 12.7. The van der Waals surface area contributed by atoms with Crippen LogP contribution in [0.4, 0.5) is 0 Å². The molecule has 17 heavy (non-hydrogen) atoms. The first-order valence-electron chi connectivity index (χ1n) is 6.96. The van der Waals surface area contributed by atoms with Crippen LogP contribution in [-0.2, 0) is 9.53 Å². The van der Waals surface area contributed by atoms with Gasteiger partial charge in [-0.1, -0.05) is 19.9 Å². The number of hydrogen-bond acceptors (Lipinski definition) is 2. The molecule has 0 spiro atoms. The van der Waals surface area contributed by atoms with Gasteiger partial charge < -0.3 is 4.74 Å². The van der Waals surface area contributed by atoms with Gasteiger partial charge in [-0.15, -0.1) is 0 Å². The van der Waals surface area contributed by atoms with Crippen molar-refractivity contribution >= 4 is 5.97 Å². The van der Waals surface area contributed by atoms with E-state index in [4.69, 9.17) is 4.74 Å². The van der Waals surface area contributed by atoms with Crippen LogP contribution in [0.15, 0.2) is 12.2 Å². The van der Waals surface area contributed by atoms with E-state index >= 15 is 0 Å². The van der Waals surface area contributed by atoms with E-state index in [0.717, 1.165) is 18.8 Å². The van der Waals surface area contributed by atoms with Gasteiger partial charge in [0.15, 0.2) is 0 Å². The molecule has 0 bridgehead atoms. The van der Waals surface area contributed by atoms with E-state index in [1.54, 1.807) is 6.92 Å². The summed E-state index contributed by atoms with van der Waals surface area (Å²) in [5.41, 5.74) is 0.393. The second kappa shape index (κ2) is 4.83. The molecule has 2 saturated carbocycles. The zero-order valence-corrected chi connectivity index (χ0v) is 11.1. The van der Waals surface area contributed by atoms with Crippen LogP contribution in [0.25, 0.3) is 0 Å². The minimum atomic E-state index is -0.188. The molecule has 2 aliphatic carbocycles.